The van der Waals surface area contributed by atoms with Crippen molar-refractivity contribution >= 4 is 5.69 Å². The molecule has 0 radical (unpaired) electrons. The first-order chi connectivity index (χ1) is 5.38. The van der Waals surface area contributed by atoms with Crippen LogP contribution in [0, 0.1) is 0 Å². The Kier molecular flexibility index (Phi) is 1.15. The van der Waals surface area contributed by atoms with Gasteiger partial charge in [0.1, 0.15) is 11.4 Å². The Hall–Kier alpha value is -1.78. The molecule has 0 amide bonds. The number of nitrogens with one attached hydrogen (secondary N) is 2. The number of hydrogen-bond acceptors (Lipinski definition) is 3. The third kappa shape index (κ3) is 0.861. The molecule has 0 bridgehead atoms. The van der Waals surface area contributed by atoms with Crippen LogP contribution in [0.5, 0.6) is 0 Å². The van der Waals surface area contributed by atoms with Gasteiger partial charge >= 0.3 is 0 Å². The van der Waals surface area contributed by atoms with Crippen molar-refractivity contribution in [1.29, 1.82) is 0 Å². The van der Waals surface area contributed by atoms with Crippen LogP contribution in [0.15, 0.2) is 18.5 Å². The van der Waals surface area contributed by atoms with E-state index >= 15 is 0 Å². The smallest absolute Gasteiger partial charge is 0.135 e. The third-order valence-electron chi connectivity index (χ3n) is 1.41. The Labute approximate surface area is 62.6 Å². The second-order valence-corrected chi connectivity index (χ2v) is 2.15. The highest BCUT2D eigenvalue weighted by atomic mass is 15.2. The molecule has 0 aliphatic rings. The van der Waals surface area contributed by atoms with Gasteiger partial charge in [-0.2, -0.15) is 10.2 Å². The summed E-state index contributed by atoms with van der Waals surface area (Å²) in [6, 6.07) is 1.81. The first kappa shape index (κ1) is 5.96. The van der Waals surface area contributed by atoms with Crippen LogP contribution in [0.3, 0.4) is 0 Å². The summed E-state index contributed by atoms with van der Waals surface area (Å²) in [6.45, 7) is 0. The van der Waals surface area contributed by atoms with E-state index in [1.54, 1.807) is 12.4 Å². The van der Waals surface area contributed by atoms with Gasteiger partial charge in [-0.25, -0.2) is 0 Å². The number of nitrogen functional groups attached to an aromatic ring is 1. The van der Waals surface area contributed by atoms with Crippen molar-refractivity contribution in [3.05, 3.63) is 18.5 Å². The van der Waals surface area contributed by atoms with Gasteiger partial charge in [-0.15, -0.1) is 0 Å². The topological polar surface area (TPSA) is 83.4 Å². The largest absolute Gasteiger partial charge is 0.396 e. The number of nitrogens with zero attached hydrogens (tertiary/aromatic N) is 2. The number of hydrogen-bond donors (Lipinski definition) is 3. The van der Waals surface area contributed by atoms with Crippen molar-refractivity contribution in [3.63, 3.8) is 0 Å². The maximum atomic E-state index is 5.58. The number of nitrogens with two attached hydrogens (primary N) is 1. The van der Waals surface area contributed by atoms with E-state index in [0.717, 1.165) is 5.69 Å². The van der Waals surface area contributed by atoms with Crippen LogP contribution in [-0.2, 0) is 0 Å². The van der Waals surface area contributed by atoms with Crippen molar-refractivity contribution in [3.8, 4) is 11.4 Å². The van der Waals surface area contributed by atoms with Crippen LogP contribution in [0.25, 0.3) is 11.4 Å². The molecule has 0 saturated heterocycles. The van der Waals surface area contributed by atoms with E-state index in [2.05, 4.69) is 20.4 Å². The number of aromatic nitrogens is 4. The molecule has 2 heterocycles. The molecule has 2 aromatic heterocycles. The van der Waals surface area contributed by atoms with Gasteiger partial charge in [0.2, 0.25) is 0 Å². The Morgan fingerprint density at radius 3 is 2.73 bits per heavy atom. The van der Waals surface area contributed by atoms with E-state index in [-0.39, 0.29) is 0 Å². The van der Waals surface area contributed by atoms with Crippen molar-refractivity contribution in [1.82, 2.24) is 20.4 Å². The van der Waals surface area contributed by atoms with Gasteiger partial charge in [0.15, 0.2) is 0 Å². The van der Waals surface area contributed by atoms with Crippen LogP contribution in [-0.4, -0.2) is 20.4 Å². The molecule has 0 saturated carbocycles. The normalized spacial score (nSPS) is 10.2. The van der Waals surface area contributed by atoms with Crippen molar-refractivity contribution in [2.24, 2.45) is 0 Å². The Balaban J connectivity index is 2.53. The molecule has 11 heavy (non-hydrogen) atoms. The molecule has 4 N–H and O–H groups in total. The third-order valence-corrected chi connectivity index (χ3v) is 1.41. The molecule has 0 aliphatic carbocycles. The number of aromatic amines is 2. The fraction of sp³-hybridized carbons (Fsp3) is 0. The van der Waals surface area contributed by atoms with Crippen LogP contribution >= 0.6 is 0 Å². The molecule has 0 atom stereocenters. The maximum absolute atomic E-state index is 5.58. The van der Waals surface area contributed by atoms with Gasteiger partial charge in [0.05, 0.1) is 5.69 Å². The number of anilines is 1. The minimum absolute atomic E-state index is 0.608. The lowest BCUT2D eigenvalue weighted by Gasteiger charge is -1.88. The van der Waals surface area contributed by atoms with Crippen LogP contribution in [0.4, 0.5) is 5.69 Å². The van der Waals surface area contributed by atoms with Crippen molar-refractivity contribution in [2.45, 2.75) is 0 Å². The minimum atomic E-state index is 0.608. The molecular weight excluding hydrogens is 142 g/mol. The van der Waals surface area contributed by atoms with Gasteiger partial charge in [0.25, 0.3) is 0 Å². The molecular formula is C6H7N5. The summed E-state index contributed by atoms with van der Waals surface area (Å²) in [5, 5.41) is 13.2. The van der Waals surface area contributed by atoms with Gasteiger partial charge in [0, 0.05) is 12.4 Å². The van der Waals surface area contributed by atoms with Gasteiger partial charge in [-0.3, -0.25) is 10.2 Å². The number of H-pyrrole nitrogens is 2. The molecule has 0 spiro atoms. The summed E-state index contributed by atoms with van der Waals surface area (Å²) in [7, 11) is 0. The molecule has 0 aliphatic heterocycles. The average Bonchev–Trinajstić information content (AvgIpc) is 2.55. The summed E-state index contributed by atoms with van der Waals surface area (Å²) in [6.07, 6.45) is 3.35. The quantitative estimate of drug-likeness (QED) is 0.548. The molecule has 56 valence electrons. The van der Waals surface area contributed by atoms with Crippen LogP contribution in [0.1, 0.15) is 0 Å². The molecule has 0 aromatic carbocycles. The predicted molar refractivity (Wildman–Crippen MR) is 40.6 cm³/mol. The first-order valence-corrected chi connectivity index (χ1v) is 3.17. The zero-order valence-corrected chi connectivity index (χ0v) is 5.70. The number of rotatable bonds is 1. The van der Waals surface area contributed by atoms with Crippen molar-refractivity contribution in [2.75, 3.05) is 5.73 Å². The fourth-order valence-corrected chi connectivity index (χ4v) is 0.897. The summed E-state index contributed by atoms with van der Waals surface area (Å²) in [5.74, 6) is 0. The highest BCUT2D eigenvalue weighted by molar-refractivity contribution is 5.68. The molecule has 0 unspecified atom stereocenters. The standard InChI is InChI=1S/C6H7N5/c7-4-3-9-11-6(4)5-1-2-8-10-5/h1-3H,7H2,(H,8,10)(H,9,11). The monoisotopic (exact) mass is 149 g/mol. The lowest BCUT2D eigenvalue weighted by atomic mass is 10.3. The second kappa shape index (κ2) is 2.12. The highest BCUT2D eigenvalue weighted by Gasteiger charge is 2.05. The first-order valence-electron chi connectivity index (χ1n) is 3.17. The summed E-state index contributed by atoms with van der Waals surface area (Å²) in [5.41, 5.74) is 7.63. The lowest BCUT2D eigenvalue weighted by molar-refractivity contribution is 1.06. The Morgan fingerprint density at radius 2 is 2.18 bits per heavy atom. The zero-order chi connectivity index (χ0) is 7.68. The van der Waals surface area contributed by atoms with E-state index in [9.17, 15) is 0 Å². The highest BCUT2D eigenvalue weighted by Crippen LogP contribution is 2.18. The van der Waals surface area contributed by atoms with Gasteiger partial charge in [-0.1, -0.05) is 0 Å². The molecule has 2 rings (SSSR count). The van der Waals surface area contributed by atoms with E-state index in [1.807, 2.05) is 6.07 Å². The summed E-state index contributed by atoms with van der Waals surface area (Å²) < 4.78 is 0. The van der Waals surface area contributed by atoms with Gasteiger partial charge < -0.3 is 5.73 Å². The summed E-state index contributed by atoms with van der Waals surface area (Å²) in [4.78, 5) is 0. The Bertz CT molecular complexity index is 333. The zero-order valence-electron chi connectivity index (χ0n) is 5.70. The van der Waals surface area contributed by atoms with Crippen molar-refractivity contribution < 1.29 is 0 Å². The molecule has 0 fully saturated rings. The maximum Gasteiger partial charge on any atom is 0.135 e. The van der Waals surface area contributed by atoms with Crippen LogP contribution in [0.2, 0.25) is 0 Å². The second-order valence-electron chi connectivity index (χ2n) is 2.15. The van der Waals surface area contributed by atoms with E-state index in [4.69, 9.17) is 5.73 Å². The molecule has 2 aromatic rings. The van der Waals surface area contributed by atoms with Gasteiger partial charge in [-0.05, 0) is 6.07 Å². The predicted octanol–water partition coefficient (Wildman–Crippen LogP) is 0.382. The SMILES string of the molecule is Nc1c[nH]nc1-c1cc[nH]n1. The average molecular weight is 149 g/mol. The molecule has 5 nitrogen and oxygen atoms in total. The Morgan fingerprint density at radius 1 is 1.27 bits per heavy atom. The minimum Gasteiger partial charge on any atom is -0.396 e. The fourth-order valence-electron chi connectivity index (χ4n) is 0.897. The van der Waals surface area contributed by atoms with Crippen LogP contribution < -0.4 is 5.73 Å². The summed E-state index contributed by atoms with van der Waals surface area (Å²) >= 11 is 0. The van der Waals surface area contributed by atoms with E-state index in [0.29, 0.717) is 11.4 Å². The molecule has 5 heteroatoms. The van der Waals surface area contributed by atoms with E-state index < -0.39 is 0 Å². The lowest BCUT2D eigenvalue weighted by Crippen LogP contribution is -1.86. The van der Waals surface area contributed by atoms with E-state index in [1.165, 1.54) is 0 Å².